The highest BCUT2D eigenvalue weighted by molar-refractivity contribution is 9.10. The number of hydrogen-bond donors (Lipinski definition) is 1. The van der Waals surface area contributed by atoms with Crippen LogP contribution in [-0.4, -0.2) is 28.7 Å². The summed E-state index contributed by atoms with van der Waals surface area (Å²) in [4.78, 5) is 39.3. The normalized spacial score (nSPS) is 14.6. The number of carbonyl (C=O) groups excluding carboxylic acids is 3. The number of rotatable bonds is 4. The van der Waals surface area contributed by atoms with Crippen LogP contribution in [0.2, 0.25) is 0 Å². The minimum absolute atomic E-state index is 0.227. The maximum Gasteiger partial charge on any atom is 0.262 e. The van der Waals surface area contributed by atoms with Crippen molar-refractivity contribution in [3.8, 4) is 0 Å². The Bertz CT molecular complexity index is 828. The summed E-state index contributed by atoms with van der Waals surface area (Å²) < 4.78 is 0.826. The van der Waals surface area contributed by atoms with Gasteiger partial charge in [0.1, 0.15) is 6.04 Å². The van der Waals surface area contributed by atoms with E-state index in [1.54, 1.807) is 42.5 Å². The number of hydrogen-bond acceptors (Lipinski definition) is 3. The second-order valence-electron chi connectivity index (χ2n) is 6.21. The highest BCUT2D eigenvalue weighted by atomic mass is 79.9. The molecule has 2 aromatic rings. The van der Waals surface area contributed by atoms with Gasteiger partial charge in [-0.3, -0.25) is 19.3 Å². The quantitative estimate of drug-likeness (QED) is 0.795. The van der Waals surface area contributed by atoms with Crippen molar-refractivity contribution >= 4 is 39.3 Å². The second-order valence-corrected chi connectivity index (χ2v) is 7.13. The molecule has 1 aliphatic rings. The lowest BCUT2D eigenvalue weighted by atomic mass is 10.0. The van der Waals surface area contributed by atoms with Gasteiger partial charge in [-0.15, -0.1) is 0 Å². The molecule has 6 heteroatoms. The molecule has 128 valence electrons. The standard InChI is InChI=1S/C19H17BrN2O3/c1-11(2)16(17(23)21-13-7-5-6-12(20)10-13)22-18(24)14-8-3-4-9-15(14)19(22)25/h3-11,16H,1-2H3,(H,21,23)/t16-/m0/s1. The topological polar surface area (TPSA) is 66.5 Å². The van der Waals surface area contributed by atoms with Crippen LogP contribution in [0.25, 0.3) is 0 Å². The molecule has 1 aliphatic heterocycles. The number of benzene rings is 2. The summed E-state index contributed by atoms with van der Waals surface area (Å²) in [6.45, 7) is 3.63. The van der Waals surface area contributed by atoms with Crippen molar-refractivity contribution in [1.29, 1.82) is 0 Å². The summed E-state index contributed by atoms with van der Waals surface area (Å²) in [6, 6.07) is 12.9. The predicted molar refractivity (Wildman–Crippen MR) is 98.3 cm³/mol. The molecule has 5 nitrogen and oxygen atoms in total. The van der Waals surface area contributed by atoms with Crippen molar-refractivity contribution in [2.45, 2.75) is 19.9 Å². The van der Waals surface area contributed by atoms with E-state index in [1.807, 2.05) is 19.9 Å². The van der Waals surface area contributed by atoms with E-state index in [0.717, 1.165) is 9.37 Å². The average Bonchev–Trinajstić information content (AvgIpc) is 2.80. The number of anilines is 1. The van der Waals surface area contributed by atoms with E-state index >= 15 is 0 Å². The summed E-state index contributed by atoms with van der Waals surface area (Å²) in [5, 5.41) is 2.79. The minimum atomic E-state index is -0.883. The van der Waals surface area contributed by atoms with Gasteiger partial charge < -0.3 is 5.32 Å². The van der Waals surface area contributed by atoms with Crippen LogP contribution in [0.5, 0.6) is 0 Å². The van der Waals surface area contributed by atoms with E-state index in [-0.39, 0.29) is 11.8 Å². The number of amides is 3. The van der Waals surface area contributed by atoms with Crippen molar-refractivity contribution in [3.05, 3.63) is 64.1 Å². The molecule has 0 spiro atoms. The van der Waals surface area contributed by atoms with Crippen molar-refractivity contribution in [3.63, 3.8) is 0 Å². The van der Waals surface area contributed by atoms with Crippen LogP contribution in [0.1, 0.15) is 34.6 Å². The van der Waals surface area contributed by atoms with Gasteiger partial charge in [-0.2, -0.15) is 0 Å². The van der Waals surface area contributed by atoms with Gasteiger partial charge in [0.05, 0.1) is 11.1 Å². The molecule has 3 amide bonds. The Balaban J connectivity index is 1.91. The maximum atomic E-state index is 12.8. The zero-order valence-electron chi connectivity index (χ0n) is 13.8. The molecule has 1 atom stereocenters. The molecule has 0 fully saturated rings. The fourth-order valence-corrected chi connectivity index (χ4v) is 3.36. The third-order valence-corrected chi connectivity index (χ3v) is 4.59. The van der Waals surface area contributed by atoms with Gasteiger partial charge in [0, 0.05) is 10.2 Å². The number of nitrogens with zero attached hydrogens (tertiary/aromatic N) is 1. The summed E-state index contributed by atoms with van der Waals surface area (Å²) >= 11 is 3.35. The molecule has 0 bridgehead atoms. The third-order valence-electron chi connectivity index (χ3n) is 4.10. The first-order valence-corrected chi connectivity index (χ1v) is 8.73. The third kappa shape index (κ3) is 3.22. The molecule has 0 radical (unpaired) electrons. The van der Waals surface area contributed by atoms with E-state index in [1.165, 1.54) is 0 Å². The van der Waals surface area contributed by atoms with Crippen molar-refractivity contribution in [1.82, 2.24) is 4.90 Å². The Hall–Kier alpha value is -2.47. The fraction of sp³-hybridized carbons (Fsp3) is 0.211. The van der Waals surface area contributed by atoms with E-state index in [4.69, 9.17) is 0 Å². The molecule has 0 aromatic heterocycles. The molecule has 2 aromatic carbocycles. The molecule has 0 aliphatic carbocycles. The Labute approximate surface area is 154 Å². The molecular weight excluding hydrogens is 384 g/mol. The summed E-state index contributed by atoms with van der Waals surface area (Å²) in [6.07, 6.45) is 0. The molecule has 0 saturated carbocycles. The fourth-order valence-electron chi connectivity index (χ4n) is 2.96. The Morgan fingerprint density at radius 3 is 2.12 bits per heavy atom. The summed E-state index contributed by atoms with van der Waals surface area (Å²) in [5.41, 5.74) is 1.28. The smallest absolute Gasteiger partial charge is 0.262 e. The van der Waals surface area contributed by atoms with Crippen LogP contribution < -0.4 is 5.32 Å². The van der Waals surface area contributed by atoms with Gasteiger partial charge in [0.25, 0.3) is 11.8 Å². The van der Waals surface area contributed by atoms with Gasteiger partial charge in [-0.1, -0.05) is 48.0 Å². The van der Waals surface area contributed by atoms with Crippen LogP contribution in [0, 0.1) is 5.92 Å². The average molecular weight is 401 g/mol. The maximum absolute atomic E-state index is 12.8. The van der Waals surface area contributed by atoms with E-state index in [2.05, 4.69) is 21.2 Å². The first kappa shape index (κ1) is 17.4. The van der Waals surface area contributed by atoms with Crippen molar-refractivity contribution < 1.29 is 14.4 Å². The van der Waals surface area contributed by atoms with E-state index in [9.17, 15) is 14.4 Å². The van der Waals surface area contributed by atoms with Gasteiger partial charge in [-0.25, -0.2) is 0 Å². The highest BCUT2D eigenvalue weighted by Gasteiger charge is 2.43. The van der Waals surface area contributed by atoms with Gasteiger partial charge in [0.15, 0.2) is 0 Å². The van der Waals surface area contributed by atoms with E-state index in [0.29, 0.717) is 16.8 Å². The van der Waals surface area contributed by atoms with Crippen LogP contribution in [0.4, 0.5) is 5.69 Å². The van der Waals surface area contributed by atoms with Gasteiger partial charge in [0.2, 0.25) is 5.91 Å². The molecule has 3 rings (SSSR count). The predicted octanol–water partition coefficient (Wildman–Crippen LogP) is 3.71. The number of fused-ring (bicyclic) bond motifs is 1. The largest absolute Gasteiger partial charge is 0.324 e. The lowest BCUT2D eigenvalue weighted by Crippen LogP contribution is -2.50. The Morgan fingerprint density at radius 1 is 1.00 bits per heavy atom. The highest BCUT2D eigenvalue weighted by Crippen LogP contribution is 2.28. The van der Waals surface area contributed by atoms with Gasteiger partial charge in [-0.05, 0) is 36.2 Å². The SMILES string of the molecule is CC(C)[C@@H](C(=O)Nc1cccc(Br)c1)N1C(=O)c2ccccc2C1=O. The van der Waals surface area contributed by atoms with Crippen LogP contribution in [0.15, 0.2) is 53.0 Å². The lowest BCUT2D eigenvalue weighted by Gasteiger charge is -2.28. The molecular formula is C19H17BrN2O3. The van der Waals surface area contributed by atoms with Crippen molar-refractivity contribution in [2.75, 3.05) is 5.32 Å². The number of halogens is 1. The zero-order chi connectivity index (χ0) is 18.1. The molecule has 0 saturated heterocycles. The minimum Gasteiger partial charge on any atom is -0.324 e. The van der Waals surface area contributed by atoms with Crippen molar-refractivity contribution in [2.24, 2.45) is 5.92 Å². The van der Waals surface area contributed by atoms with Gasteiger partial charge >= 0.3 is 0 Å². The summed E-state index contributed by atoms with van der Waals surface area (Å²) in [5.74, 6) is -1.47. The second kappa shape index (κ2) is 6.80. The van der Waals surface area contributed by atoms with Crippen LogP contribution in [-0.2, 0) is 4.79 Å². The Kier molecular flexibility index (Phi) is 4.72. The molecule has 1 N–H and O–H groups in total. The first-order valence-electron chi connectivity index (χ1n) is 7.93. The van der Waals surface area contributed by atoms with Crippen LogP contribution in [0.3, 0.4) is 0 Å². The molecule has 1 heterocycles. The molecule has 0 unspecified atom stereocenters. The van der Waals surface area contributed by atoms with Crippen LogP contribution >= 0.6 is 15.9 Å². The van der Waals surface area contributed by atoms with E-state index < -0.39 is 17.9 Å². The number of imide groups is 1. The Morgan fingerprint density at radius 2 is 1.60 bits per heavy atom. The number of nitrogens with one attached hydrogen (secondary N) is 1. The summed E-state index contributed by atoms with van der Waals surface area (Å²) in [7, 11) is 0. The zero-order valence-corrected chi connectivity index (χ0v) is 15.4. The monoisotopic (exact) mass is 400 g/mol. The first-order chi connectivity index (χ1) is 11.9. The lowest BCUT2D eigenvalue weighted by molar-refractivity contribution is -0.121. The number of carbonyl (C=O) groups is 3. The molecule has 25 heavy (non-hydrogen) atoms.